The van der Waals surface area contributed by atoms with Crippen molar-refractivity contribution in [1.82, 2.24) is 20.6 Å². The van der Waals surface area contributed by atoms with Gasteiger partial charge >= 0.3 is 5.97 Å². The van der Waals surface area contributed by atoms with Gasteiger partial charge in [0.2, 0.25) is 0 Å². The molecule has 1 saturated carbocycles. The zero-order valence-electron chi connectivity index (χ0n) is 20.7. The van der Waals surface area contributed by atoms with Crippen LogP contribution in [-0.2, 0) is 16.0 Å². The van der Waals surface area contributed by atoms with Gasteiger partial charge in [-0.1, -0.05) is 30.2 Å². The average Bonchev–Trinajstić information content (AvgIpc) is 2.87. The average molecular weight is 532 g/mol. The van der Waals surface area contributed by atoms with Crippen molar-refractivity contribution in [2.24, 2.45) is 0 Å². The van der Waals surface area contributed by atoms with E-state index in [1.54, 1.807) is 0 Å². The number of hydrogen-bond acceptors (Lipinski definition) is 9. The number of unbranched alkanes of at least 4 members (excludes halogenated alkanes) is 1. The van der Waals surface area contributed by atoms with E-state index in [1.165, 1.54) is 6.42 Å². The van der Waals surface area contributed by atoms with Crippen molar-refractivity contribution in [3.63, 3.8) is 0 Å². The molecule has 1 heterocycles. The maximum atomic E-state index is 12.2. The summed E-state index contributed by atoms with van der Waals surface area (Å²) >= 11 is 5.78. The van der Waals surface area contributed by atoms with Gasteiger partial charge in [0.15, 0.2) is 28.4 Å². The van der Waals surface area contributed by atoms with Gasteiger partial charge < -0.3 is 26.3 Å². The number of aryl methyl sites for hydroxylation is 1. The Balaban J connectivity index is 1.27. The number of nitrogens with zero attached hydrogens (tertiary/aromatic N) is 2. The van der Waals surface area contributed by atoms with Crippen molar-refractivity contribution in [3.8, 4) is 5.75 Å². The van der Waals surface area contributed by atoms with Crippen LogP contribution in [0.5, 0.6) is 5.75 Å². The second kappa shape index (κ2) is 14.2. The number of nitrogen functional groups attached to an aromatic ring is 2. The maximum Gasteiger partial charge on any atom is 0.309 e. The number of amides is 1. The highest BCUT2D eigenvalue weighted by Crippen LogP contribution is 2.21. The molecule has 1 aliphatic carbocycles. The normalized spacial score (nSPS) is 13.5. The predicted octanol–water partition coefficient (Wildman–Crippen LogP) is 3.22. The second-order valence-electron chi connectivity index (χ2n) is 8.84. The van der Waals surface area contributed by atoms with Crippen LogP contribution in [0.25, 0.3) is 0 Å². The van der Waals surface area contributed by atoms with E-state index in [4.69, 9.17) is 38.0 Å². The van der Waals surface area contributed by atoms with Gasteiger partial charge in [-0.15, -0.1) is 0 Å². The molecule has 11 nitrogen and oxygen atoms in total. The first kappa shape index (κ1) is 28.0. The van der Waals surface area contributed by atoms with Crippen LogP contribution >= 0.6 is 11.6 Å². The van der Waals surface area contributed by atoms with Gasteiger partial charge in [-0.2, -0.15) is 0 Å². The number of guanidine groups is 1. The van der Waals surface area contributed by atoms with E-state index in [1.807, 2.05) is 24.3 Å². The van der Waals surface area contributed by atoms with Gasteiger partial charge in [-0.05, 0) is 62.6 Å². The van der Waals surface area contributed by atoms with Gasteiger partial charge in [-0.3, -0.25) is 20.3 Å². The van der Waals surface area contributed by atoms with Crippen molar-refractivity contribution in [2.75, 3.05) is 24.6 Å². The van der Waals surface area contributed by atoms with Crippen molar-refractivity contribution in [2.45, 2.75) is 63.9 Å². The number of carbonyl (C=O) groups is 2. The summed E-state index contributed by atoms with van der Waals surface area (Å²) in [5, 5.41) is 12.9. The van der Waals surface area contributed by atoms with Gasteiger partial charge in [-0.25, -0.2) is 9.97 Å². The highest BCUT2D eigenvalue weighted by molar-refractivity contribution is 6.31. The quantitative estimate of drug-likeness (QED) is 0.126. The third-order valence-electron chi connectivity index (χ3n) is 5.90. The van der Waals surface area contributed by atoms with E-state index < -0.39 is 5.91 Å². The van der Waals surface area contributed by atoms with Crippen molar-refractivity contribution in [3.05, 3.63) is 40.7 Å². The summed E-state index contributed by atoms with van der Waals surface area (Å²) in [5.74, 6) is -0.598. The molecule has 0 radical (unpaired) electrons. The molecule has 1 aliphatic rings. The Labute approximate surface area is 221 Å². The number of nitrogens with two attached hydrogens (primary N) is 2. The topological polar surface area (TPSA) is 178 Å². The first-order valence-corrected chi connectivity index (χ1v) is 12.8. The summed E-state index contributed by atoms with van der Waals surface area (Å²) in [7, 11) is 0. The first-order chi connectivity index (χ1) is 17.8. The van der Waals surface area contributed by atoms with Gasteiger partial charge in [0.25, 0.3) is 5.91 Å². The molecule has 0 bridgehead atoms. The van der Waals surface area contributed by atoms with Crippen molar-refractivity contribution >= 4 is 41.1 Å². The van der Waals surface area contributed by atoms with Gasteiger partial charge in [0.1, 0.15) is 11.9 Å². The molecule has 1 aromatic heterocycles. The van der Waals surface area contributed by atoms with Gasteiger partial charge in [0, 0.05) is 6.54 Å². The van der Waals surface area contributed by atoms with Crippen molar-refractivity contribution < 1.29 is 19.1 Å². The number of anilines is 2. The molecule has 3 rings (SSSR count). The molecule has 12 heteroatoms. The van der Waals surface area contributed by atoms with Crippen LogP contribution in [0.1, 0.15) is 67.4 Å². The van der Waals surface area contributed by atoms with Crippen LogP contribution < -0.4 is 26.8 Å². The summed E-state index contributed by atoms with van der Waals surface area (Å²) in [6.45, 7) is 0.796. The smallest absolute Gasteiger partial charge is 0.309 e. The van der Waals surface area contributed by atoms with E-state index in [-0.39, 0.29) is 46.9 Å². The van der Waals surface area contributed by atoms with E-state index in [0.29, 0.717) is 18.9 Å². The molecular formula is C25H34ClN7O4. The van der Waals surface area contributed by atoms with Crippen LogP contribution in [0.2, 0.25) is 5.15 Å². The number of benzene rings is 1. The molecule has 37 heavy (non-hydrogen) atoms. The number of hydrogen-bond donors (Lipinski definition) is 5. The number of carbonyl (C=O) groups excluding carboxylic acids is 2. The molecule has 0 aliphatic heterocycles. The summed E-state index contributed by atoms with van der Waals surface area (Å²) in [4.78, 5) is 31.7. The monoisotopic (exact) mass is 531 g/mol. The zero-order chi connectivity index (χ0) is 26.6. The molecule has 0 atom stereocenters. The van der Waals surface area contributed by atoms with E-state index in [2.05, 4.69) is 20.6 Å². The number of aromatic nitrogens is 2. The molecule has 2 aromatic rings. The minimum absolute atomic E-state index is 0.0715. The highest BCUT2D eigenvalue weighted by Gasteiger charge is 2.18. The number of ether oxygens (including phenoxy) is 2. The Hall–Kier alpha value is -3.60. The van der Waals surface area contributed by atoms with Gasteiger partial charge in [0.05, 0.1) is 13.0 Å². The Bertz CT molecular complexity index is 1080. The third kappa shape index (κ3) is 9.41. The zero-order valence-corrected chi connectivity index (χ0v) is 21.5. The van der Waals surface area contributed by atoms with E-state index >= 15 is 0 Å². The molecule has 1 amide bonds. The van der Waals surface area contributed by atoms with Crippen LogP contribution in [-0.4, -0.2) is 47.1 Å². The summed E-state index contributed by atoms with van der Waals surface area (Å²) in [5.41, 5.74) is 12.1. The van der Waals surface area contributed by atoms with Crippen LogP contribution in [0.15, 0.2) is 24.3 Å². The Morgan fingerprint density at radius 3 is 2.51 bits per heavy atom. The number of halogens is 1. The largest absolute Gasteiger partial charge is 0.493 e. The van der Waals surface area contributed by atoms with E-state index in [9.17, 15) is 9.59 Å². The molecule has 1 aromatic carbocycles. The second-order valence-corrected chi connectivity index (χ2v) is 9.20. The maximum absolute atomic E-state index is 12.2. The summed E-state index contributed by atoms with van der Waals surface area (Å²) in [6.07, 6.45) is 8.26. The van der Waals surface area contributed by atoms with Crippen LogP contribution in [0.3, 0.4) is 0 Å². The number of nitrogens with one attached hydrogen (secondary N) is 3. The predicted molar refractivity (Wildman–Crippen MR) is 142 cm³/mol. The minimum Gasteiger partial charge on any atom is -0.493 e. The summed E-state index contributed by atoms with van der Waals surface area (Å²) < 4.78 is 11.2. The lowest BCUT2D eigenvalue weighted by Gasteiger charge is -2.21. The molecule has 200 valence electrons. The van der Waals surface area contributed by atoms with Crippen molar-refractivity contribution in [1.29, 1.82) is 5.41 Å². The first-order valence-electron chi connectivity index (χ1n) is 12.5. The third-order valence-corrected chi connectivity index (χ3v) is 6.18. The lowest BCUT2D eigenvalue weighted by atomic mass is 9.98. The fourth-order valence-electron chi connectivity index (χ4n) is 3.93. The lowest BCUT2D eigenvalue weighted by Crippen LogP contribution is -2.41. The molecular weight excluding hydrogens is 498 g/mol. The minimum atomic E-state index is -0.701. The fraction of sp³-hybridized carbons (Fsp3) is 0.480. The molecule has 0 saturated heterocycles. The highest BCUT2D eigenvalue weighted by atomic mass is 35.5. The molecule has 7 N–H and O–H groups in total. The Kier molecular flexibility index (Phi) is 10.8. The molecule has 0 spiro atoms. The molecule has 0 unspecified atom stereocenters. The molecule has 1 fully saturated rings. The number of rotatable bonds is 11. The lowest BCUT2D eigenvalue weighted by molar-refractivity contribution is -0.151. The SMILES string of the molecule is N=C(NCCCCc1ccc(OCCC(=O)OC2CCCCC2)cc1)NC(=O)c1nc(Cl)c(N)nc1N. The summed E-state index contributed by atoms with van der Waals surface area (Å²) in [6, 6.07) is 7.77. The fourth-order valence-corrected chi connectivity index (χ4v) is 4.05. The van der Waals surface area contributed by atoms with Crippen LogP contribution in [0, 0.1) is 5.41 Å². The Morgan fingerprint density at radius 1 is 1.05 bits per heavy atom. The van der Waals surface area contributed by atoms with Crippen LogP contribution in [0.4, 0.5) is 11.6 Å². The standard InChI is InChI=1S/C25H34ClN7O4/c26-21-23(28)32-22(27)20(31-21)24(35)33-25(29)30-14-5-4-6-16-9-11-17(12-10-16)36-15-13-19(34)37-18-7-2-1-3-8-18/h9-12,18H,1-8,13-15H2,(H4,27,28,32)(H3,29,30,33,35). The number of esters is 1. The Morgan fingerprint density at radius 2 is 1.78 bits per heavy atom. The van der Waals surface area contributed by atoms with E-state index in [0.717, 1.165) is 50.5 Å².